The van der Waals surface area contributed by atoms with E-state index in [2.05, 4.69) is 10.3 Å². The highest BCUT2D eigenvalue weighted by Crippen LogP contribution is 2.23. The topological polar surface area (TPSA) is 68.0 Å². The minimum atomic E-state index is -0.0755. The zero-order chi connectivity index (χ0) is 13.8. The lowest BCUT2D eigenvalue weighted by molar-refractivity contribution is -0.113. The van der Waals surface area contributed by atoms with Crippen LogP contribution in [-0.2, 0) is 4.79 Å². The quantitative estimate of drug-likeness (QED) is 0.671. The van der Waals surface area contributed by atoms with Crippen molar-refractivity contribution in [1.82, 2.24) is 4.98 Å². The van der Waals surface area contributed by atoms with Crippen molar-refractivity contribution in [1.29, 1.82) is 0 Å². The summed E-state index contributed by atoms with van der Waals surface area (Å²) >= 11 is 2.98. The van der Waals surface area contributed by atoms with E-state index in [-0.39, 0.29) is 5.91 Å². The average Bonchev–Trinajstić information content (AvgIpc) is 2.76. The van der Waals surface area contributed by atoms with Crippen LogP contribution in [-0.4, -0.2) is 16.6 Å². The SMILES string of the molecule is Cc1ccc(NC(=O)CSc2nc(C)cs2)c(N)c1. The van der Waals surface area contributed by atoms with Gasteiger partial charge in [0.25, 0.3) is 0 Å². The number of nitrogen functional groups attached to an aromatic ring is 1. The molecule has 1 heterocycles. The van der Waals surface area contributed by atoms with Gasteiger partial charge >= 0.3 is 0 Å². The van der Waals surface area contributed by atoms with Gasteiger partial charge in [0.05, 0.1) is 17.1 Å². The molecule has 3 N–H and O–H groups in total. The zero-order valence-corrected chi connectivity index (χ0v) is 12.4. The van der Waals surface area contributed by atoms with Crippen LogP contribution in [0.1, 0.15) is 11.3 Å². The van der Waals surface area contributed by atoms with Gasteiger partial charge in [0.1, 0.15) is 0 Å². The van der Waals surface area contributed by atoms with Crippen LogP contribution in [0.2, 0.25) is 0 Å². The number of thioether (sulfide) groups is 1. The molecule has 0 aliphatic rings. The van der Waals surface area contributed by atoms with Gasteiger partial charge in [-0.1, -0.05) is 17.8 Å². The van der Waals surface area contributed by atoms with E-state index in [0.717, 1.165) is 15.6 Å². The van der Waals surface area contributed by atoms with Crippen LogP contribution in [0.25, 0.3) is 0 Å². The lowest BCUT2D eigenvalue weighted by Crippen LogP contribution is -2.15. The molecule has 0 radical (unpaired) electrons. The summed E-state index contributed by atoms with van der Waals surface area (Å²) in [6.45, 7) is 3.90. The number of hydrogen-bond donors (Lipinski definition) is 2. The third-order valence-electron chi connectivity index (χ3n) is 2.41. The van der Waals surface area contributed by atoms with Crippen LogP contribution in [0.4, 0.5) is 11.4 Å². The van der Waals surface area contributed by atoms with E-state index in [4.69, 9.17) is 5.73 Å². The second kappa shape index (κ2) is 6.08. The van der Waals surface area contributed by atoms with Crippen molar-refractivity contribution in [3.05, 3.63) is 34.8 Å². The Hall–Kier alpha value is -1.53. The molecular formula is C13H15N3OS2. The minimum Gasteiger partial charge on any atom is -0.397 e. The maximum atomic E-state index is 11.8. The number of nitrogens with zero attached hydrogens (tertiary/aromatic N) is 1. The molecule has 2 rings (SSSR count). The van der Waals surface area contributed by atoms with Crippen molar-refractivity contribution in [2.45, 2.75) is 18.2 Å². The Labute approximate surface area is 120 Å². The summed E-state index contributed by atoms with van der Waals surface area (Å²) in [4.78, 5) is 16.1. The normalized spacial score (nSPS) is 10.4. The standard InChI is InChI=1S/C13H15N3OS2/c1-8-3-4-11(10(14)5-8)16-12(17)7-19-13-15-9(2)6-18-13/h3-6H,7,14H2,1-2H3,(H,16,17). The fraction of sp³-hybridized carbons (Fsp3) is 0.231. The molecule has 1 aromatic carbocycles. The maximum absolute atomic E-state index is 11.8. The third kappa shape index (κ3) is 3.97. The molecule has 2 aromatic rings. The molecular weight excluding hydrogens is 278 g/mol. The molecule has 0 aliphatic carbocycles. The molecule has 0 bridgehead atoms. The molecule has 0 saturated heterocycles. The molecule has 0 atom stereocenters. The summed E-state index contributed by atoms with van der Waals surface area (Å²) in [5.74, 6) is 0.258. The summed E-state index contributed by atoms with van der Waals surface area (Å²) in [6, 6.07) is 5.58. The molecule has 4 nitrogen and oxygen atoms in total. The molecule has 0 unspecified atom stereocenters. The molecule has 1 amide bonds. The Morgan fingerprint density at radius 1 is 1.47 bits per heavy atom. The summed E-state index contributed by atoms with van der Waals surface area (Å²) in [5, 5.41) is 4.78. The number of rotatable bonds is 4. The van der Waals surface area contributed by atoms with Gasteiger partial charge in [-0.2, -0.15) is 0 Å². The number of nitrogens with one attached hydrogen (secondary N) is 1. The number of aromatic nitrogens is 1. The van der Waals surface area contributed by atoms with Crippen LogP contribution >= 0.6 is 23.1 Å². The van der Waals surface area contributed by atoms with Gasteiger partial charge in [0, 0.05) is 11.1 Å². The van der Waals surface area contributed by atoms with Crippen molar-refractivity contribution in [3.63, 3.8) is 0 Å². The monoisotopic (exact) mass is 293 g/mol. The van der Waals surface area contributed by atoms with Crippen LogP contribution in [0.15, 0.2) is 27.9 Å². The van der Waals surface area contributed by atoms with Crippen molar-refractivity contribution < 1.29 is 4.79 Å². The first kappa shape index (κ1) is 13.9. The van der Waals surface area contributed by atoms with E-state index >= 15 is 0 Å². The second-order valence-corrected chi connectivity index (χ2v) is 6.26. The molecule has 6 heteroatoms. The van der Waals surface area contributed by atoms with Crippen LogP contribution in [0.3, 0.4) is 0 Å². The van der Waals surface area contributed by atoms with Gasteiger partial charge in [-0.05, 0) is 31.5 Å². The summed E-state index contributed by atoms with van der Waals surface area (Å²) in [5.41, 5.74) is 9.15. The molecule has 0 aliphatic heterocycles. The average molecular weight is 293 g/mol. The van der Waals surface area contributed by atoms with E-state index < -0.39 is 0 Å². The van der Waals surface area contributed by atoms with E-state index in [1.165, 1.54) is 11.8 Å². The van der Waals surface area contributed by atoms with E-state index in [1.54, 1.807) is 11.3 Å². The fourth-order valence-electron chi connectivity index (χ4n) is 1.51. The lowest BCUT2D eigenvalue weighted by Gasteiger charge is -2.08. The number of hydrogen-bond acceptors (Lipinski definition) is 5. The molecule has 0 fully saturated rings. The molecule has 1 aromatic heterocycles. The van der Waals surface area contributed by atoms with E-state index in [9.17, 15) is 4.79 Å². The van der Waals surface area contributed by atoms with Gasteiger partial charge in [0.15, 0.2) is 4.34 Å². The van der Waals surface area contributed by atoms with Gasteiger partial charge < -0.3 is 11.1 Å². The van der Waals surface area contributed by atoms with Crippen LogP contribution in [0.5, 0.6) is 0 Å². The van der Waals surface area contributed by atoms with Gasteiger partial charge in [-0.25, -0.2) is 4.98 Å². The number of anilines is 2. The van der Waals surface area contributed by atoms with Crippen LogP contribution < -0.4 is 11.1 Å². The Balaban J connectivity index is 1.90. The Morgan fingerprint density at radius 3 is 2.89 bits per heavy atom. The summed E-state index contributed by atoms with van der Waals surface area (Å²) in [6.07, 6.45) is 0. The summed E-state index contributed by atoms with van der Waals surface area (Å²) < 4.78 is 0.907. The smallest absolute Gasteiger partial charge is 0.234 e. The summed E-state index contributed by atoms with van der Waals surface area (Å²) in [7, 11) is 0. The highest BCUT2D eigenvalue weighted by atomic mass is 32.2. The third-order valence-corrected chi connectivity index (χ3v) is 4.54. The number of carbonyl (C=O) groups is 1. The van der Waals surface area contributed by atoms with Crippen molar-refractivity contribution in [2.75, 3.05) is 16.8 Å². The Morgan fingerprint density at radius 2 is 2.26 bits per heavy atom. The van der Waals surface area contributed by atoms with E-state index in [0.29, 0.717) is 17.1 Å². The Kier molecular flexibility index (Phi) is 4.44. The van der Waals surface area contributed by atoms with E-state index in [1.807, 2.05) is 37.4 Å². The number of nitrogens with two attached hydrogens (primary N) is 1. The Bertz CT molecular complexity index is 595. The van der Waals surface area contributed by atoms with Gasteiger partial charge in [0.2, 0.25) is 5.91 Å². The van der Waals surface area contributed by atoms with Crippen molar-refractivity contribution in [2.24, 2.45) is 0 Å². The molecule has 0 spiro atoms. The van der Waals surface area contributed by atoms with Crippen molar-refractivity contribution in [3.8, 4) is 0 Å². The number of carbonyl (C=O) groups excluding carboxylic acids is 1. The van der Waals surface area contributed by atoms with Crippen molar-refractivity contribution >= 4 is 40.4 Å². The first-order chi connectivity index (χ1) is 9.04. The first-order valence-corrected chi connectivity index (χ1v) is 7.62. The van der Waals surface area contributed by atoms with Gasteiger partial charge in [-0.15, -0.1) is 11.3 Å². The number of aryl methyl sites for hydroxylation is 2. The molecule has 100 valence electrons. The minimum absolute atomic E-state index is 0.0755. The second-order valence-electron chi connectivity index (χ2n) is 4.18. The first-order valence-electron chi connectivity index (χ1n) is 5.75. The predicted octanol–water partition coefficient (Wildman–Crippen LogP) is 3.07. The highest BCUT2D eigenvalue weighted by molar-refractivity contribution is 8.01. The predicted molar refractivity (Wildman–Crippen MR) is 81.8 cm³/mol. The highest BCUT2D eigenvalue weighted by Gasteiger charge is 2.07. The molecule has 19 heavy (non-hydrogen) atoms. The fourth-order valence-corrected chi connectivity index (χ4v) is 3.16. The number of benzene rings is 1. The molecule has 0 saturated carbocycles. The van der Waals surface area contributed by atoms with Crippen LogP contribution in [0, 0.1) is 13.8 Å². The maximum Gasteiger partial charge on any atom is 0.234 e. The van der Waals surface area contributed by atoms with Gasteiger partial charge in [-0.3, -0.25) is 4.79 Å². The largest absolute Gasteiger partial charge is 0.397 e. The lowest BCUT2D eigenvalue weighted by atomic mass is 10.2. The zero-order valence-electron chi connectivity index (χ0n) is 10.8. The number of amides is 1. The number of thiazole rings is 1.